The third-order valence-corrected chi connectivity index (χ3v) is 5.00. The number of carbonyl (C=O) groups excluding carboxylic acids is 1. The molecular formula is C20H21N3O2S. The minimum Gasteiger partial charge on any atom is -0.356 e. The number of hydrogen-bond donors (Lipinski definition) is 1. The summed E-state index contributed by atoms with van der Waals surface area (Å²) in [6.45, 7) is 4.51. The summed E-state index contributed by atoms with van der Waals surface area (Å²) in [4.78, 5) is 29.8. The van der Waals surface area contributed by atoms with Gasteiger partial charge in [0, 0.05) is 6.54 Å². The summed E-state index contributed by atoms with van der Waals surface area (Å²) in [7, 11) is 0. The van der Waals surface area contributed by atoms with Gasteiger partial charge in [0.15, 0.2) is 5.16 Å². The van der Waals surface area contributed by atoms with E-state index in [-0.39, 0.29) is 17.2 Å². The summed E-state index contributed by atoms with van der Waals surface area (Å²) in [5.74, 6) is 0.141. The number of nitrogens with one attached hydrogen (secondary N) is 1. The lowest BCUT2D eigenvalue weighted by atomic mass is 10.1. The summed E-state index contributed by atoms with van der Waals surface area (Å²) in [5.41, 5.74) is 2.40. The van der Waals surface area contributed by atoms with Crippen molar-refractivity contribution in [2.24, 2.45) is 0 Å². The second-order valence-electron chi connectivity index (χ2n) is 5.78. The van der Waals surface area contributed by atoms with Gasteiger partial charge < -0.3 is 5.32 Å². The Hall–Kier alpha value is -2.60. The van der Waals surface area contributed by atoms with Crippen LogP contribution in [0.5, 0.6) is 0 Å². The zero-order valence-corrected chi connectivity index (χ0v) is 15.7. The molecule has 1 amide bonds. The van der Waals surface area contributed by atoms with Crippen molar-refractivity contribution in [2.75, 3.05) is 12.3 Å². The highest BCUT2D eigenvalue weighted by Crippen LogP contribution is 2.23. The highest BCUT2D eigenvalue weighted by atomic mass is 32.2. The van der Waals surface area contributed by atoms with Crippen molar-refractivity contribution in [1.82, 2.24) is 14.9 Å². The molecule has 0 fully saturated rings. The average molecular weight is 367 g/mol. The summed E-state index contributed by atoms with van der Waals surface area (Å²) < 4.78 is 1.63. The number of fused-ring (bicyclic) bond motifs is 1. The van der Waals surface area contributed by atoms with Crippen LogP contribution >= 0.6 is 11.8 Å². The predicted molar refractivity (Wildman–Crippen MR) is 106 cm³/mol. The third kappa shape index (κ3) is 3.65. The van der Waals surface area contributed by atoms with Crippen LogP contribution in [0.25, 0.3) is 16.6 Å². The molecule has 0 unspecified atom stereocenters. The molecule has 1 aromatic heterocycles. The van der Waals surface area contributed by atoms with Gasteiger partial charge in [-0.25, -0.2) is 4.98 Å². The largest absolute Gasteiger partial charge is 0.356 e. The Balaban J connectivity index is 2.18. The van der Waals surface area contributed by atoms with E-state index in [0.29, 0.717) is 22.6 Å². The Morgan fingerprint density at radius 1 is 1.12 bits per heavy atom. The maximum atomic E-state index is 13.2. The Bertz CT molecular complexity index is 998. The molecule has 5 nitrogen and oxygen atoms in total. The first-order valence-electron chi connectivity index (χ1n) is 8.65. The fraction of sp³-hybridized carbons (Fsp3) is 0.250. The van der Waals surface area contributed by atoms with Gasteiger partial charge in [-0.15, -0.1) is 0 Å². The van der Waals surface area contributed by atoms with Crippen LogP contribution in [0.3, 0.4) is 0 Å². The van der Waals surface area contributed by atoms with Gasteiger partial charge in [0.05, 0.1) is 22.3 Å². The van der Waals surface area contributed by atoms with Gasteiger partial charge in [-0.05, 0) is 37.1 Å². The molecule has 1 N–H and O–H groups in total. The minimum absolute atomic E-state index is 0.0739. The molecule has 134 valence electrons. The number of para-hydroxylation sites is 2. The molecule has 1 heterocycles. The fourth-order valence-electron chi connectivity index (χ4n) is 2.83. The van der Waals surface area contributed by atoms with Gasteiger partial charge in [0.2, 0.25) is 5.91 Å². The van der Waals surface area contributed by atoms with Crippen LogP contribution in [0.15, 0.2) is 58.5 Å². The second kappa shape index (κ2) is 8.19. The molecule has 6 heteroatoms. The van der Waals surface area contributed by atoms with Crippen LogP contribution in [0, 0.1) is 0 Å². The van der Waals surface area contributed by atoms with E-state index >= 15 is 0 Å². The van der Waals surface area contributed by atoms with Crippen LogP contribution in [0.1, 0.15) is 19.4 Å². The molecule has 0 bridgehead atoms. The van der Waals surface area contributed by atoms with Crippen LogP contribution in [-0.2, 0) is 11.2 Å². The van der Waals surface area contributed by atoms with E-state index in [9.17, 15) is 9.59 Å². The van der Waals surface area contributed by atoms with E-state index in [1.807, 2.05) is 49.4 Å². The molecule has 3 aromatic rings. The molecule has 0 aliphatic heterocycles. The molecule has 26 heavy (non-hydrogen) atoms. The van der Waals surface area contributed by atoms with Gasteiger partial charge in [-0.2, -0.15) is 0 Å². The molecule has 0 aliphatic rings. The maximum Gasteiger partial charge on any atom is 0.266 e. The normalized spacial score (nSPS) is 10.8. The molecule has 0 atom stereocenters. The topological polar surface area (TPSA) is 64.0 Å². The lowest BCUT2D eigenvalue weighted by Crippen LogP contribution is -2.26. The summed E-state index contributed by atoms with van der Waals surface area (Å²) in [5, 5.41) is 3.87. The highest BCUT2D eigenvalue weighted by Gasteiger charge is 2.16. The summed E-state index contributed by atoms with van der Waals surface area (Å²) in [6.07, 6.45) is 0.801. The van der Waals surface area contributed by atoms with Gasteiger partial charge in [-0.3, -0.25) is 14.2 Å². The summed E-state index contributed by atoms with van der Waals surface area (Å²) >= 11 is 1.28. The van der Waals surface area contributed by atoms with Crippen molar-refractivity contribution in [1.29, 1.82) is 0 Å². The van der Waals surface area contributed by atoms with Crippen molar-refractivity contribution in [3.05, 3.63) is 64.4 Å². The number of rotatable bonds is 6. The Kier molecular flexibility index (Phi) is 5.73. The zero-order chi connectivity index (χ0) is 18.5. The van der Waals surface area contributed by atoms with E-state index in [0.717, 1.165) is 17.7 Å². The van der Waals surface area contributed by atoms with Gasteiger partial charge >= 0.3 is 0 Å². The average Bonchev–Trinajstić information content (AvgIpc) is 2.67. The minimum atomic E-state index is -0.116. The van der Waals surface area contributed by atoms with Crippen molar-refractivity contribution >= 4 is 28.6 Å². The van der Waals surface area contributed by atoms with Crippen LogP contribution < -0.4 is 10.9 Å². The van der Waals surface area contributed by atoms with Crippen molar-refractivity contribution in [3.63, 3.8) is 0 Å². The van der Waals surface area contributed by atoms with Crippen LogP contribution in [-0.4, -0.2) is 27.8 Å². The molecule has 0 saturated carbocycles. The number of hydrogen-bond acceptors (Lipinski definition) is 4. The quantitative estimate of drug-likeness (QED) is 0.537. The zero-order valence-electron chi connectivity index (χ0n) is 14.9. The van der Waals surface area contributed by atoms with E-state index in [1.54, 1.807) is 10.6 Å². The molecule has 0 radical (unpaired) electrons. The van der Waals surface area contributed by atoms with Gasteiger partial charge in [0.25, 0.3) is 5.56 Å². The van der Waals surface area contributed by atoms with Gasteiger partial charge in [0.1, 0.15) is 0 Å². The van der Waals surface area contributed by atoms with Crippen molar-refractivity contribution in [3.8, 4) is 5.69 Å². The SMILES string of the molecule is CCNC(=O)CSc1nc2ccccc2c(=O)n1-c1ccccc1CC. The molecule has 0 spiro atoms. The Labute approximate surface area is 156 Å². The molecular weight excluding hydrogens is 346 g/mol. The Morgan fingerprint density at radius 3 is 2.62 bits per heavy atom. The maximum absolute atomic E-state index is 13.2. The molecule has 0 saturated heterocycles. The number of amides is 1. The Morgan fingerprint density at radius 2 is 1.85 bits per heavy atom. The first-order valence-corrected chi connectivity index (χ1v) is 9.63. The number of aryl methyl sites for hydroxylation is 1. The molecule has 0 aliphatic carbocycles. The highest BCUT2D eigenvalue weighted by molar-refractivity contribution is 7.99. The van der Waals surface area contributed by atoms with Crippen LogP contribution in [0.2, 0.25) is 0 Å². The molecule has 3 rings (SSSR count). The lowest BCUT2D eigenvalue weighted by molar-refractivity contribution is -0.118. The van der Waals surface area contributed by atoms with Crippen molar-refractivity contribution < 1.29 is 4.79 Å². The third-order valence-electron chi connectivity index (χ3n) is 4.06. The number of carbonyl (C=O) groups is 1. The van der Waals surface area contributed by atoms with Crippen molar-refractivity contribution in [2.45, 2.75) is 25.4 Å². The fourth-order valence-corrected chi connectivity index (χ4v) is 3.66. The first-order chi connectivity index (χ1) is 12.7. The first kappa shape index (κ1) is 18.2. The van der Waals surface area contributed by atoms with E-state index in [2.05, 4.69) is 17.2 Å². The standard InChI is InChI=1S/C20H21N3O2S/c1-3-14-9-5-8-12-17(14)23-19(25)15-10-6-7-11-16(15)22-20(23)26-13-18(24)21-4-2/h5-12H,3-4,13H2,1-2H3,(H,21,24). The number of thioether (sulfide) groups is 1. The van der Waals surface area contributed by atoms with E-state index in [1.165, 1.54) is 11.8 Å². The van der Waals surface area contributed by atoms with E-state index in [4.69, 9.17) is 0 Å². The van der Waals surface area contributed by atoms with Crippen LogP contribution in [0.4, 0.5) is 0 Å². The number of aromatic nitrogens is 2. The lowest BCUT2D eigenvalue weighted by Gasteiger charge is -2.15. The van der Waals surface area contributed by atoms with Gasteiger partial charge in [-0.1, -0.05) is 49.0 Å². The molecule has 2 aromatic carbocycles. The predicted octanol–water partition coefficient (Wildman–Crippen LogP) is 3.18. The summed E-state index contributed by atoms with van der Waals surface area (Å²) in [6, 6.07) is 15.1. The number of nitrogens with zero attached hydrogens (tertiary/aromatic N) is 2. The smallest absolute Gasteiger partial charge is 0.266 e. The monoisotopic (exact) mass is 367 g/mol. The van der Waals surface area contributed by atoms with E-state index < -0.39 is 0 Å². The second-order valence-corrected chi connectivity index (χ2v) is 6.72. The number of benzene rings is 2.